The zero-order chi connectivity index (χ0) is 23.4. The maximum atomic E-state index is 12.4. The van der Waals surface area contributed by atoms with E-state index in [2.05, 4.69) is 40.7 Å². The number of fused-ring (bicyclic) bond motifs is 1. The second kappa shape index (κ2) is 10.2. The van der Waals surface area contributed by atoms with Crippen molar-refractivity contribution < 1.29 is 4.79 Å². The monoisotopic (exact) mass is 450 g/mol. The summed E-state index contributed by atoms with van der Waals surface area (Å²) in [7, 11) is 0. The predicted octanol–water partition coefficient (Wildman–Crippen LogP) is 3.79. The number of piperidine rings is 1. The van der Waals surface area contributed by atoms with E-state index in [4.69, 9.17) is 9.97 Å². The Hall–Kier alpha value is -3.20. The highest BCUT2D eigenvalue weighted by Crippen LogP contribution is 2.36. The number of likely N-dealkylation sites (tertiary alicyclic amines) is 1. The number of aromatic amines is 1. The Balaban J connectivity index is 1.53. The summed E-state index contributed by atoms with van der Waals surface area (Å²) in [6.07, 6.45) is 10.2. The number of nitrogens with zero attached hydrogens (tertiary/aromatic N) is 6. The van der Waals surface area contributed by atoms with E-state index in [1.54, 1.807) is 6.20 Å². The van der Waals surface area contributed by atoms with Crippen molar-refractivity contribution in [2.75, 3.05) is 31.5 Å². The maximum Gasteiger partial charge on any atom is 0.246 e. The zero-order valence-electron chi connectivity index (χ0n) is 19.8. The lowest BCUT2D eigenvalue weighted by atomic mass is 9.94. The van der Waals surface area contributed by atoms with Gasteiger partial charge in [0, 0.05) is 36.4 Å². The van der Waals surface area contributed by atoms with Crippen molar-refractivity contribution in [3.05, 3.63) is 42.5 Å². The van der Waals surface area contributed by atoms with Gasteiger partial charge in [-0.05, 0) is 45.4 Å². The number of hydrogen-bond donors (Lipinski definition) is 2. The molecule has 3 aromatic rings. The van der Waals surface area contributed by atoms with E-state index in [0.717, 1.165) is 80.0 Å². The first-order valence-corrected chi connectivity index (χ1v) is 11.8. The number of anilines is 2. The molecule has 1 unspecified atom stereocenters. The summed E-state index contributed by atoms with van der Waals surface area (Å²) >= 11 is 0. The number of rotatable bonds is 9. The average Bonchev–Trinajstić information content (AvgIpc) is 3.46. The molecule has 1 amide bonds. The van der Waals surface area contributed by atoms with Crippen LogP contribution in [0.4, 0.5) is 11.6 Å². The fraction of sp³-hybridized carbons (Fsp3) is 0.500. The van der Waals surface area contributed by atoms with Gasteiger partial charge in [-0.1, -0.05) is 20.4 Å². The van der Waals surface area contributed by atoms with Gasteiger partial charge in [0.1, 0.15) is 5.65 Å². The molecule has 4 rings (SSSR count). The van der Waals surface area contributed by atoms with Crippen LogP contribution in [0.5, 0.6) is 0 Å². The number of H-pyrrole nitrogens is 1. The Labute approximate surface area is 194 Å². The van der Waals surface area contributed by atoms with Crippen LogP contribution >= 0.6 is 0 Å². The van der Waals surface area contributed by atoms with Gasteiger partial charge in [-0.25, -0.2) is 4.98 Å². The van der Waals surface area contributed by atoms with Crippen molar-refractivity contribution in [2.24, 2.45) is 0 Å². The maximum absolute atomic E-state index is 12.4. The van der Waals surface area contributed by atoms with Crippen LogP contribution in [0, 0.1) is 6.92 Å². The van der Waals surface area contributed by atoms with E-state index in [0.29, 0.717) is 5.95 Å². The molecule has 4 heterocycles. The quantitative estimate of drug-likeness (QED) is 0.482. The van der Waals surface area contributed by atoms with E-state index in [9.17, 15) is 4.79 Å². The minimum absolute atomic E-state index is 0.0168. The summed E-state index contributed by atoms with van der Waals surface area (Å²) in [6, 6.07) is 0.0168. The van der Waals surface area contributed by atoms with Crippen LogP contribution < -0.4 is 5.32 Å². The Morgan fingerprint density at radius 1 is 1.33 bits per heavy atom. The summed E-state index contributed by atoms with van der Waals surface area (Å²) in [6.45, 7) is 14.6. The molecule has 3 aromatic heterocycles. The van der Waals surface area contributed by atoms with Gasteiger partial charge in [0.15, 0.2) is 0 Å². The number of aromatic nitrogens is 5. The molecule has 176 valence electrons. The fourth-order valence-electron chi connectivity index (χ4n) is 4.66. The van der Waals surface area contributed by atoms with Gasteiger partial charge >= 0.3 is 0 Å². The van der Waals surface area contributed by atoms with Crippen molar-refractivity contribution in [3.8, 4) is 0 Å². The summed E-state index contributed by atoms with van der Waals surface area (Å²) in [4.78, 5) is 29.4. The van der Waals surface area contributed by atoms with Gasteiger partial charge in [0.25, 0.3) is 0 Å². The lowest BCUT2D eigenvalue weighted by Gasteiger charge is -2.35. The number of likely N-dealkylation sites (N-methyl/N-ethyl adjacent to an activating group) is 1. The first-order valence-electron chi connectivity index (χ1n) is 11.8. The molecule has 0 aliphatic carbocycles. The topological polar surface area (TPSA) is 95.0 Å². The molecule has 1 aliphatic heterocycles. The molecule has 9 heteroatoms. The summed E-state index contributed by atoms with van der Waals surface area (Å²) in [5.41, 5.74) is 3.58. The standard InChI is InChI=1S/C24H34N8O/c1-5-21(33)32-11-9-8-10-20(32)19-15-25-23-22(19)17(4)27-24(29-23)28-18-14-26-31(16-18)13-12-30(6-2)7-3/h5,14-16,20H,1,6-13H2,2-4H3,(H2,25,27,28,29). The Kier molecular flexibility index (Phi) is 7.08. The third kappa shape index (κ3) is 4.93. The van der Waals surface area contributed by atoms with Crippen molar-refractivity contribution in [1.29, 1.82) is 0 Å². The van der Waals surface area contributed by atoms with Crippen LogP contribution in [0.1, 0.15) is 50.4 Å². The second-order valence-electron chi connectivity index (χ2n) is 8.49. The highest BCUT2D eigenvalue weighted by Gasteiger charge is 2.29. The molecular weight excluding hydrogens is 416 g/mol. The molecule has 2 N–H and O–H groups in total. The minimum atomic E-state index is -0.0242. The summed E-state index contributed by atoms with van der Waals surface area (Å²) < 4.78 is 1.94. The normalized spacial score (nSPS) is 16.5. The van der Waals surface area contributed by atoms with Crippen molar-refractivity contribution in [1.82, 2.24) is 34.5 Å². The molecule has 0 bridgehead atoms. The van der Waals surface area contributed by atoms with E-state index in [-0.39, 0.29) is 11.9 Å². The molecule has 9 nitrogen and oxygen atoms in total. The van der Waals surface area contributed by atoms with Gasteiger partial charge < -0.3 is 20.1 Å². The first kappa shape index (κ1) is 23.0. The molecule has 0 spiro atoms. The number of nitrogens with one attached hydrogen (secondary N) is 2. The molecule has 33 heavy (non-hydrogen) atoms. The number of hydrogen-bond acceptors (Lipinski definition) is 6. The number of amides is 1. The van der Waals surface area contributed by atoms with Crippen LogP contribution in [-0.4, -0.2) is 66.6 Å². The predicted molar refractivity (Wildman–Crippen MR) is 130 cm³/mol. The molecule has 0 radical (unpaired) electrons. The fourth-order valence-corrected chi connectivity index (χ4v) is 4.66. The van der Waals surface area contributed by atoms with E-state index < -0.39 is 0 Å². The van der Waals surface area contributed by atoms with Crippen LogP contribution in [0.15, 0.2) is 31.2 Å². The molecule has 0 aromatic carbocycles. The number of carbonyl (C=O) groups is 1. The van der Waals surface area contributed by atoms with Crippen molar-refractivity contribution in [3.63, 3.8) is 0 Å². The molecule has 1 fully saturated rings. The van der Waals surface area contributed by atoms with Gasteiger partial charge in [0.05, 0.1) is 30.2 Å². The molecule has 1 aliphatic rings. The second-order valence-corrected chi connectivity index (χ2v) is 8.49. The highest BCUT2D eigenvalue weighted by atomic mass is 16.2. The van der Waals surface area contributed by atoms with Crippen LogP contribution in [-0.2, 0) is 11.3 Å². The first-order chi connectivity index (χ1) is 16.0. The molecule has 1 atom stereocenters. The number of aryl methyl sites for hydroxylation is 1. The lowest BCUT2D eigenvalue weighted by Crippen LogP contribution is -2.37. The minimum Gasteiger partial charge on any atom is -0.346 e. The Morgan fingerprint density at radius 3 is 2.91 bits per heavy atom. The molecular formula is C24H34N8O. The van der Waals surface area contributed by atoms with Gasteiger partial charge in [-0.3, -0.25) is 9.48 Å². The van der Waals surface area contributed by atoms with Crippen LogP contribution in [0.25, 0.3) is 11.0 Å². The van der Waals surface area contributed by atoms with Crippen molar-refractivity contribution >= 4 is 28.6 Å². The van der Waals surface area contributed by atoms with E-state index >= 15 is 0 Å². The zero-order valence-corrected chi connectivity index (χ0v) is 19.8. The van der Waals surface area contributed by atoms with E-state index in [1.807, 2.05) is 28.9 Å². The third-order valence-electron chi connectivity index (χ3n) is 6.49. The Bertz CT molecular complexity index is 1110. The lowest BCUT2D eigenvalue weighted by molar-refractivity contribution is -0.129. The summed E-state index contributed by atoms with van der Waals surface area (Å²) in [5.74, 6) is 0.503. The van der Waals surface area contributed by atoms with Crippen molar-refractivity contribution in [2.45, 2.75) is 52.6 Å². The Morgan fingerprint density at radius 2 is 2.15 bits per heavy atom. The average molecular weight is 451 g/mol. The largest absolute Gasteiger partial charge is 0.346 e. The van der Waals surface area contributed by atoms with Crippen LogP contribution in [0.2, 0.25) is 0 Å². The van der Waals surface area contributed by atoms with Gasteiger partial charge in [-0.15, -0.1) is 0 Å². The molecule has 0 saturated carbocycles. The smallest absolute Gasteiger partial charge is 0.246 e. The SMILES string of the molecule is C=CC(=O)N1CCCCC1c1c[nH]c2nc(Nc3cnn(CCN(CC)CC)c3)nc(C)c12. The number of carbonyl (C=O) groups excluding carboxylic acids is 1. The summed E-state index contributed by atoms with van der Waals surface area (Å²) in [5, 5.41) is 8.73. The van der Waals surface area contributed by atoms with Gasteiger partial charge in [0.2, 0.25) is 11.9 Å². The highest BCUT2D eigenvalue weighted by molar-refractivity contribution is 5.89. The van der Waals surface area contributed by atoms with Gasteiger partial charge in [-0.2, -0.15) is 10.1 Å². The molecule has 1 saturated heterocycles. The van der Waals surface area contributed by atoms with E-state index in [1.165, 1.54) is 6.08 Å². The third-order valence-corrected chi connectivity index (χ3v) is 6.49. The van der Waals surface area contributed by atoms with Crippen LogP contribution in [0.3, 0.4) is 0 Å².